The first-order valence-corrected chi connectivity index (χ1v) is 12.0. The van der Waals surface area contributed by atoms with Crippen molar-refractivity contribution in [2.75, 3.05) is 13.1 Å². The number of nitrogens with one attached hydrogen (secondary N) is 1. The highest BCUT2D eigenvalue weighted by molar-refractivity contribution is 5.68. The van der Waals surface area contributed by atoms with Crippen LogP contribution >= 0.6 is 0 Å². The van der Waals surface area contributed by atoms with Crippen LogP contribution in [0.1, 0.15) is 110 Å². The van der Waals surface area contributed by atoms with E-state index in [2.05, 4.69) is 18.0 Å². The molecule has 176 valence electrons. The van der Waals surface area contributed by atoms with E-state index in [0.29, 0.717) is 19.5 Å². The topological polar surface area (TPSA) is 104 Å². The largest absolute Gasteiger partial charge is 0.870 e. The van der Waals surface area contributed by atoms with E-state index in [4.69, 9.17) is 5.11 Å². The van der Waals surface area contributed by atoms with E-state index in [0.717, 1.165) is 11.3 Å². The van der Waals surface area contributed by atoms with Gasteiger partial charge in [0.05, 0.1) is 6.54 Å². The Kier molecular flexibility index (Phi) is 17.8. The number of carboxylic acid groups (broad SMARTS) is 1. The van der Waals surface area contributed by atoms with E-state index in [1.54, 1.807) is 6.34 Å². The number of hydrogen-bond donors (Lipinski definition) is 3. The zero-order valence-electron chi connectivity index (χ0n) is 19.2. The van der Waals surface area contributed by atoms with Crippen LogP contribution in [0.2, 0.25) is 0 Å². The molecule has 0 aromatic heterocycles. The van der Waals surface area contributed by atoms with Gasteiger partial charge in [0.25, 0.3) is 0 Å². The lowest BCUT2D eigenvalue weighted by molar-refractivity contribution is -0.884. The Morgan fingerprint density at radius 3 is 1.97 bits per heavy atom. The van der Waals surface area contributed by atoms with E-state index < -0.39 is 11.7 Å². The molecule has 1 rings (SSSR count). The Balaban J connectivity index is 0.00000841. The summed E-state index contributed by atoms with van der Waals surface area (Å²) in [4.78, 5) is 16.0. The van der Waals surface area contributed by atoms with Crippen molar-refractivity contribution in [1.82, 2.24) is 0 Å². The van der Waals surface area contributed by atoms with Crippen molar-refractivity contribution in [3.05, 3.63) is 12.2 Å². The lowest BCUT2D eigenvalue weighted by Gasteiger charge is -2.29. The highest BCUT2D eigenvalue weighted by atomic mass is 16.4. The lowest BCUT2D eigenvalue weighted by atomic mass is 10.0. The monoisotopic (exact) mass is 426 g/mol. The highest BCUT2D eigenvalue weighted by Crippen LogP contribution is 2.14. The summed E-state index contributed by atoms with van der Waals surface area (Å²) in [7, 11) is 0. The molecule has 0 aliphatic carbocycles. The molecule has 0 amide bonds. The second-order valence-electron chi connectivity index (χ2n) is 8.62. The molecule has 0 saturated heterocycles. The number of rotatable bonds is 19. The zero-order chi connectivity index (χ0) is 21.2. The fraction of sp³-hybridized carbons (Fsp3) is 0.833. The predicted molar refractivity (Wildman–Crippen MR) is 122 cm³/mol. The lowest BCUT2D eigenvalue weighted by Crippen LogP contribution is -3.19. The van der Waals surface area contributed by atoms with Crippen molar-refractivity contribution < 1.29 is 25.4 Å². The van der Waals surface area contributed by atoms with E-state index in [9.17, 15) is 9.90 Å². The minimum absolute atomic E-state index is 0. The normalized spacial score (nSPS) is 17.9. The molecule has 0 fully saturated rings. The molecule has 0 aromatic carbocycles. The van der Waals surface area contributed by atoms with Gasteiger partial charge in [-0.15, -0.1) is 0 Å². The smallest absolute Gasteiger partial charge is 0.312 e. The molecule has 0 bridgehead atoms. The fourth-order valence-corrected chi connectivity index (χ4v) is 4.02. The van der Waals surface area contributed by atoms with Crippen LogP contribution in [-0.4, -0.2) is 46.8 Å². The number of aliphatic carboxylic acids is 1. The Morgan fingerprint density at radius 2 is 1.50 bits per heavy atom. The van der Waals surface area contributed by atoms with Crippen LogP contribution < -0.4 is 4.90 Å². The van der Waals surface area contributed by atoms with Crippen LogP contribution in [0, 0.1) is 0 Å². The number of carbonyl (C=O) groups is 1. The van der Waals surface area contributed by atoms with Crippen molar-refractivity contribution in [3.63, 3.8) is 0 Å². The Morgan fingerprint density at radius 1 is 0.967 bits per heavy atom. The average molecular weight is 427 g/mol. The van der Waals surface area contributed by atoms with Gasteiger partial charge in [-0.1, -0.05) is 96.1 Å². The van der Waals surface area contributed by atoms with Gasteiger partial charge in [-0.25, -0.2) is 4.99 Å². The van der Waals surface area contributed by atoms with Crippen molar-refractivity contribution >= 4 is 12.3 Å². The third-order valence-corrected chi connectivity index (χ3v) is 5.90. The first kappa shape index (κ1) is 28.8. The molecule has 30 heavy (non-hydrogen) atoms. The minimum Gasteiger partial charge on any atom is -0.870 e. The third kappa shape index (κ3) is 13.9. The molecule has 1 aliphatic heterocycles. The van der Waals surface area contributed by atoms with Crippen molar-refractivity contribution in [1.29, 1.82) is 0 Å². The van der Waals surface area contributed by atoms with Gasteiger partial charge in [0.1, 0.15) is 13.0 Å². The van der Waals surface area contributed by atoms with Gasteiger partial charge >= 0.3 is 5.97 Å². The molecule has 6 nitrogen and oxygen atoms in total. The van der Waals surface area contributed by atoms with Crippen LogP contribution in [0.25, 0.3) is 0 Å². The standard InChI is InChI=1S/C24H44N2O3.H2O/c1-2-3-4-5-6-7-8-9-10-11-12-13-14-15-16-17-18-24(29,21-23(27)28)26-20-19-25-22-26;/h16-17,22,29H,2-15,18-21H2,1H3,(H,27,28);1H2. The summed E-state index contributed by atoms with van der Waals surface area (Å²) in [6.45, 7) is 3.58. The maximum absolute atomic E-state index is 11.1. The summed E-state index contributed by atoms with van der Waals surface area (Å²) in [6.07, 6.45) is 24.4. The quantitative estimate of drug-likeness (QED) is 0.211. The molecule has 4 N–H and O–H groups in total. The van der Waals surface area contributed by atoms with Gasteiger partial charge in [0.15, 0.2) is 6.34 Å². The molecule has 2 unspecified atom stereocenters. The second kappa shape index (κ2) is 18.5. The summed E-state index contributed by atoms with van der Waals surface area (Å²) < 4.78 is 0. The molecule has 1 aliphatic rings. The molecule has 2 atom stereocenters. The zero-order valence-corrected chi connectivity index (χ0v) is 19.2. The Bertz CT molecular complexity index is 482. The van der Waals surface area contributed by atoms with Gasteiger partial charge < -0.3 is 15.7 Å². The summed E-state index contributed by atoms with van der Waals surface area (Å²) in [5, 5.41) is 19.8. The number of aliphatic imine (C=N–C) groups is 1. The molecule has 6 heteroatoms. The molecular formula is C24H46N2O4. The molecular weight excluding hydrogens is 380 g/mol. The van der Waals surface area contributed by atoms with Gasteiger partial charge in [-0.3, -0.25) is 9.69 Å². The predicted octanol–water partition coefficient (Wildman–Crippen LogP) is 4.33. The maximum Gasteiger partial charge on any atom is 0.312 e. The van der Waals surface area contributed by atoms with Crippen LogP contribution in [0.5, 0.6) is 0 Å². The van der Waals surface area contributed by atoms with Crippen molar-refractivity contribution in [2.24, 2.45) is 4.99 Å². The number of aliphatic hydroxyl groups is 1. The summed E-state index contributed by atoms with van der Waals surface area (Å²) in [5.74, 6) is -0.967. The number of unbranched alkanes of at least 4 members (excludes halogenated alkanes) is 13. The summed E-state index contributed by atoms with van der Waals surface area (Å²) in [6, 6.07) is 0. The van der Waals surface area contributed by atoms with Gasteiger partial charge in [0.2, 0.25) is 5.72 Å². The third-order valence-electron chi connectivity index (χ3n) is 5.90. The Hall–Kier alpha value is -1.24. The van der Waals surface area contributed by atoms with E-state index in [1.807, 2.05) is 6.08 Å². The number of nitrogens with zero attached hydrogens (tertiary/aromatic N) is 1. The summed E-state index contributed by atoms with van der Waals surface area (Å²) >= 11 is 0. The molecule has 0 saturated carbocycles. The van der Waals surface area contributed by atoms with Crippen LogP contribution in [0.4, 0.5) is 0 Å². The minimum atomic E-state index is -1.28. The molecule has 0 radical (unpaired) electrons. The van der Waals surface area contributed by atoms with Crippen LogP contribution in [-0.2, 0) is 4.79 Å². The first-order valence-electron chi connectivity index (χ1n) is 12.0. The molecule has 1 heterocycles. The number of allylic oxidation sites excluding steroid dienone is 1. The highest BCUT2D eigenvalue weighted by Gasteiger charge is 2.40. The van der Waals surface area contributed by atoms with Gasteiger partial charge in [-0.05, 0) is 12.8 Å². The Labute approximate surface area is 183 Å². The summed E-state index contributed by atoms with van der Waals surface area (Å²) in [5.41, 5.74) is -1.28. The van der Waals surface area contributed by atoms with Crippen molar-refractivity contribution in [3.8, 4) is 0 Å². The molecule has 0 aromatic rings. The van der Waals surface area contributed by atoms with Crippen molar-refractivity contribution in [2.45, 2.75) is 115 Å². The first-order chi connectivity index (χ1) is 14.1. The van der Waals surface area contributed by atoms with Gasteiger partial charge in [0, 0.05) is 6.42 Å². The number of quaternary nitrogens is 1. The van der Waals surface area contributed by atoms with Gasteiger partial charge in [-0.2, -0.15) is 0 Å². The fourth-order valence-electron chi connectivity index (χ4n) is 4.02. The SMILES string of the molecule is CCCCCCCCCCCCCCCC=CCC(O)(CC(=O)O)[NH+]1C=NCC1.[OH-]. The number of carboxylic acids is 1. The maximum atomic E-state index is 11.1. The number of hydrogen-bond acceptors (Lipinski definition) is 4. The van der Waals surface area contributed by atoms with Crippen LogP contribution in [0.3, 0.4) is 0 Å². The van der Waals surface area contributed by atoms with E-state index in [-0.39, 0.29) is 11.9 Å². The van der Waals surface area contributed by atoms with E-state index in [1.165, 1.54) is 83.5 Å². The van der Waals surface area contributed by atoms with Crippen LogP contribution in [0.15, 0.2) is 17.1 Å². The van der Waals surface area contributed by atoms with E-state index >= 15 is 0 Å². The molecule has 0 spiro atoms. The second-order valence-corrected chi connectivity index (χ2v) is 8.62. The average Bonchev–Trinajstić information content (AvgIpc) is 3.23.